The van der Waals surface area contributed by atoms with Crippen LogP contribution < -0.4 is 5.32 Å². The molecule has 1 saturated heterocycles. The van der Waals surface area contributed by atoms with Crippen LogP contribution in [0, 0.1) is 13.8 Å². The number of benzene rings is 2. The van der Waals surface area contributed by atoms with Crippen LogP contribution in [0.2, 0.25) is 0 Å². The monoisotopic (exact) mass is 472 g/mol. The number of carbonyl (C=O) groups is 2. The second-order valence-electron chi connectivity index (χ2n) is 9.17. The summed E-state index contributed by atoms with van der Waals surface area (Å²) in [5, 5.41) is 7.63. The van der Waals surface area contributed by atoms with E-state index in [0.29, 0.717) is 25.1 Å². The van der Waals surface area contributed by atoms with Crippen molar-refractivity contribution in [3.05, 3.63) is 88.8 Å². The van der Waals surface area contributed by atoms with Crippen LogP contribution in [-0.4, -0.2) is 58.8 Å². The Morgan fingerprint density at radius 2 is 1.89 bits per heavy atom. The molecule has 0 bridgehead atoms. The lowest BCUT2D eigenvalue weighted by Gasteiger charge is -2.22. The molecule has 0 saturated carbocycles. The Bertz CT molecular complexity index is 1230. The first-order chi connectivity index (χ1) is 16.8. The highest BCUT2D eigenvalue weighted by molar-refractivity contribution is 5.95. The Kier molecular flexibility index (Phi) is 7.46. The predicted molar refractivity (Wildman–Crippen MR) is 136 cm³/mol. The maximum absolute atomic E-state index is 13.1. The number of aryl methyl sites for hydroxylation is 2. The van der Waals surface area contributed by atoms with E-state index >= 15 is 0 Å². The molecule has 182 valence electrons. The number of likely N-dealkylation sites (tertiary alicyclic amines) is 1. The van der Waals surface area contributed by atoms with Crippen LogP contribution in [0.3, 0.4) is 0 Å². The summed E-state index contributed by atoms with van der Waals surface area (Å²) in [5.41, 5.74) is 5.58. The van der Waals surface area contributed by atoms with Gasteiger partial charge in [0.2, 0.25) is 0 Å². The fourth-order valence-electron chi connectivity index (χ4n) is 4.70. The number of methoxy groups -OCH3 is 1. The third-order valence-electron chi connectivity index (χ3n) is 6.24. The molecular formula is C28H32N4O3. The van der Waals surface area contributed by atoms with Crippen LogP contribution in [0.25, 0.3) is 11.8 Å². The summed E-state index contributed by atoms with van der Waals surface area (Å²) in [4.78, 5) is 27.7. The molecule has 1 aromatic heterocycles. The molecule has 0 spiro atoms. The molecule has 0 radical (unpaired) electrons. The molecule has 7 nitrogen and oxygen atoms in total. The molecule has 0 unspecified atom stereocenters. The van der Waals surface area contributed by atoms with Crippen LogP contribution in [-0.2, 0) is 9.53 Å². The molecular weight excluding hydrogens is 440 g/mol. The van der Waals surface area contributed by atoms with Crippen molar-refractivity contribution in [3.63, 3.8) is 0 Å². The van der Waals surface area contributed by atoms with Gasteiger partial charge in [0, 0.05) is 30.4 Å². The number of ether oxygens (including phenoxy) is 1. The molecule has 1 N–H and O–H groups in total. The molecule has 2 heterocycles. The van der Waals surface area contributed by atoms with E-state index in [4.69, 9.17) is 4.74 Å². The number of nitrogens with zero attached hydrogens (tertiary/aromatic N) is 3. The van der Waals surface area contributed by atoms with Gasteiger partial charge in [-0.15, -0.1) is 0 Å². The fraction of sp³-hybridized carbons (Fsp3) is 0.321. The van der Waals surface area contributed by atoms with E-state index in [2.05, 4.69) is 40.4 Å². The number of hydrogen-bond donors (Lipinski definition) is 1. The highest BCUT2D eigenvalue weighted by Gasteiger charge is 2.38. The topological polar surface area (TPSA) is 76.5 Å². The first kappa shape index (κ1) is 24.4. The average Bonchev–Trinajstić information content (AvgIpc) is 3.40. The van der Waals surface area contributed by atoms with E-state index in [0.717, 1.165) is 28.2 Å². The zero-order chi connectivity index (χ0) is 24.9. The lowest BCUT2D eigenvalue weighted by atomic mass is 10.1. The van der Waals surface area contributed by atoms with E-state index < -0.39 is 6.04 Å². The number of hydrogen-bond acceptors (Lipinski definition) is 5. The second-order valence-corrected chi connectivity index (χ2v) is 9.17. The Balaban J connectivity index is 1.46. The number of nitrogens with one attached hydrogen (secondary N) is 1. The van der Waals surface area contributed by atoms with Crippen molar-refractivity contribution in [2.45, 2.75) is 39.3 Å². The predicted octanol–water partition coefficient (Wildman–Crippen LogP) is 3.94. The highest BCUT2D eigenvalue weighted by Crippen LogP contribution is 2.22. The van der Waals surface area contributed by atoms with Crippen LogP contribution in [0.4, 0.5) is 0 Å². The molecule has 3 aromatic rings. The van der Waals surface area contributed by atoms with E-state index in [1.165, 1.54) is 7.11 Å². The highest BCUT2D eigenvalue weighted by atomic mass is 16.5. The minimum Gasteiger partial charge on any atom is -0.468 e. The van der Waals surface area contributed by atoms with Crippen molar-refractivity contribution in [2.24, 2.45) is 0 Å². The molecule has 2 aromatic carbocycles. The van der Waals surface area contributed by atoms with Gasteiger partial charge in [0.1, 0.15) is 6.04 Å². The van der Waals surface area contributed by atoms with Gasteiger partial charge in [-0.25, -0.2) is 4.68 Å². The van der Waals surface area contributed by atoms with Gasteiger partial charge in [0.15, 0.2) is 0 Å². The molecule has 0 aliphatic carbocycles. The molecule has 7 heteroatoms. The van der Waals surface area contributed by atoms with Crippen molar-refractivity contribution < 1.29 is 14.3 Å². The Morgan fingerprint density at radius 1 is 1.11 bits per heavy atom. The smallest absolute Gasteiger partial charge is 0.323 e. The van der Waals surface area contributed by atoms with E-state index in [9.17, 15) is 9.59 Å². The summed E-state index contributed by atoms with van der Waals surface area (Å²) in [6.45, 7) is 7.18. The number of aromatic nitrogens is 2. The molecule has 1 aliphatic heterocycles. The molecule has 2 atom stereocenters. The average molecular weight is 473 g/mol. The molecule has 35 heavy (non-hydrogen) atoms. The van der Waals surface area contributed by atoms with Gasteiger partial charge in [0.05, 0.1) is 18.5 Å². The van der Waals surface area contributed by atoms with Crippen LogP contribution in [0.5, 0.6) is 0 Å². The van der Waals surface area contributed by atoms with Crippen LogP contribution in [0.1, 0.15) is 40.7 Å². The minimum atomic E-state index is -0.398. The van der Waals surface area contributed by atoms with Crippen LogP contribution in [0.15, 0.2) is 66.2 Å². The summed E-state index contributed by atoms with van der Waals surface area (Å²) in [6.07, 6.45) is 2.62. The largest absolute Gasteiger partial charge is 0.468 e. The standard InChI is InChI=1S/C28H32N4O3/c1-19(13-22-9-6-5-7-10-22)17-31-18-24(16-26(31)28(34)35-4)29-27(33)23-11-8-12-25(15-23)32-21(3)14-20(2)30-32/h5-15,24,26H,16-18H2,1-4H3,(H,29,33)/t24-,26+/m1/s1. The zero-order valence-electron chi connectivity index (χ0n) is 20.7. The Morgan fingerprint density at radius 3 is 2.57 bits per heavy atom. The fourth-order valence-corrected chi connectivity index (χ4v) is 4.70. The van der Waals surface area contributed by atoms with Gasteiger partial charge in [-0.2, -0.15) is 5.10 Å². The van der Waals surface area contributed by atoms with Gasteiger partial charge < -0.3 is 10.1 Å². The van der Waals surface area contributed by atoms with Gasteiger partial charge in [-0.1, -0.05) is 48.0 Å². The summed E-state index contributed by atoms with van der Waals surface area (Å²) in [5.74, 6) is -0.443. The third kappa shape index (κ3) is 5.87. The normalized spacial score (nSPS) is 18.5. The number of rotatable bonds is 7. The molecule has 1 aliphatic rings. The molecule has 1 fully saturated rings. The van der Waals surface area contributed by atoms with Gasteiger partial charge in [0.25, 0.3) is 5.91 Å². The van der Waals surface area contributed by atoms with Gasteiger partial charge in [-0.3, -0.25) is 14.5 Å². The van der Waals surface area contributed by atoms with Crippen molar-refractivity contribution in [2.75, 3.05) is 20.2 Å². The second kappa shape index (κ2) is 10.7. The quantitative estimate of drug-likeness (QED) is 0.527. The van der Waals surface area contributed by atoms with E-state index in [1.807, 2.05) is 61.0 Å². The van der Waals surface area contributed by atoms with E-state index in [1.54, 1.807) is 6.07 Å². The molecule has 4 rings (SSSR count). The number of carbonyl (C=O) groups excluding carboxylic acids is 2. The van der Waals surface area contributed by atoms with Crippen molar-refractivity contribution in [1.29, 1.82) is 0 Å². The summed E-state index contributed by atoms with van der Waals surface area (Å²) in [6, 6.07) is 19.0. The van der Waals surface area contributed by atoms with Crippen molar-refractivity contribution >= 4 is 18.0 Å². The van der Waals surface area contributed by atoms with Crippen molar-refractivity contribution in [1.82, 2.24) is 20.0 Å². The first-order valence-corrected chi connectivity index (χ1v) is 11.8. The maximum Gasteiger partial charge on any atom is 0.323 e. The van der Waals surface area contributed by atoms with Crippen LogP contribution >= 0.6 is 0 Å². The zero-order valence-corrected chi connectivity index (χ0v) is 20.7. The maximum atomic E-state index is 13.1. The number of esters is 1. The Labute approximate surface area is 206 Å². The number of amides is 1. The lowest BCUT2D eigenvalue weighted by molar-refractivity contribution is -0.145. The summed E-state index contributed by atoms with van der Waals surface area (Å²) >= 11 is 0. The van der Waals surface area contributed by atoms with E-state index in [-0.39, 0.29) is 17.9 Å². The van der Waals surface area contributed by atoms with Gasteiger partial charge >= 0.3 is 5.97 Å². The molecule has 1 amide bonds. The third-order valence-corrected chi connectivity index (χ3v) is 6.24. The minimum absolute atomic E-state index is 0.159. The summed E-state index contributed by atoms with van der Waals surface area (Å²) < 4.78 is 6.89. The Hall–Kier alpha value is -3.71. The lowest BCUT2D eigenvalue weighted by Crippen LogP contribution is -2.39. The SMILES string of the molecule is COC(=O)[C@@H]1C[C@@H](NC(=O)c2cccc(-n3nc(C)cc3C)c2)CN1CC(C)=Cc1ccccc1. The van der Waals surface area contributed by atoms with Crippen molar-refractivity contribution in [3.8, 4) is 5.69 Å². The van der Waals surface area contributed by atoms with Gasteiger partial charge in [-0.05, 0) is 57.0 Å². The first-order valence-electron chi connectivity index (χ1n) is 11.8. The summed E-state index contributed by atoms with van der Waals surface area (Å²) in [7, 11) is 1.41.